The highest BCUT2D eigenvalue weighted by Crippen LogP contribution is 2.70. The second-order valence-corrected chi connectivity index (χ2v) is 26.3. The van der Waals surface area contributed by atoms with E-state index in [0.717, 1.165) is 18.4 Å². The fourth-order valence-electron chi connectivity index (χ4n) is 16.2. The summed E-state index contributed by atoms with van der Waals surface area (Å²) in [5.74, 6) is -1.56. The number of hydrogen-bond acceptors (Lipinski definition) is 28. The van der Waals surface area contributed by atoms with Crippen LogP contribution in [-0.4, -0.2) is 291 Å². The third kappa shape index (κ3) is 11.7. The number of fused-ring (bicyclic) bond motifs is 7. The second-order valence-electron chi connectivity index (χ2n) is 26.3. The number of hydrogen-bond donors (Lipinski definition) is 17. The normalized spacial score (nSPS) is 55.3. The third-order valence-corrected chi connectivity index (χ3v) is 21.3. The average Bonchev–Trinajstić information content (AvgIpc) is 1.57. The molecule has 28 heteroatoms. The third-order valence-electron chi connectivity index (χ3n) is 21.3. The molecule has 0 aromatic heterocycles. The number of aliphatic hydroxyl groups is 17. The quantitative estimate of drug-likeness (QED) is 0.0604. The molecule has 28 nitrogen and oxygen atoms in total. The highest BCUT2D eigenvalue weighted by Gasteiger charge is 2.69. The van der Waals surface area contributed by atoms with Gasteiger partial charge >= 0.3 is 0 Å². The molecule has 10 rings (SSSR count). The molecule has 3 saturated carbocycles. The van der Waals surface area contributed by atoms with Crippen molar-refractivity contribution >= 4 is 0 Å². The van der Waals surface area contributed by atoms with Gasteiger partial charge in [0.1, 0.15) is 110 Å². The van der Waals surface area contributed by atoms with Gasteiger partial charge in [-0.05, 0) is 80.5 Å². The van der Waals surface area contributed by atoms with E-state index in [0.29, 0.717) is 25.7 Å². The van der Waals surface area contributed by atoms with E-state index < -0.39 is 197 Å². The fourth-order valence-corrected chi connectivity index (χ4v) is 16.2. The molecule has 0 aromatic rings. The molecular weight excluding hydrogens is 1120 g/mol. The lowest BCUT2D eigenvalue weighted by Crippen LogP contribution is -2.66. The number of rotatable bonds is 17. The Hall–Kier alpha value is -1.38. The van der Waals surface area contributed by atoms with E-state index in [2.05, 4.69) is 19.9 Å². The van der Waals surface area contributed by atoms with Crippen LogP contribution in [-0.2, 0) is 52.1 Å². The van der Waals surface area contributed by atoms with Crippen LogP contribution < -0.4 is 0 Å². The van der Waals surface area contributed by atoms with Crippen molar-refractivity contribution in [2.75, 3.05) is 33.0 Å². The molecule has 0 amide bonds. The topological polar surface area (TPSA) is 445 Å². The van der Waals surface area contributed by atoms with Crippen LogP contribution in [0.25, 0.3) is 0 Å². The molecular formula is C56H92O28. The van der Waals surface area contributed by atoms with Gasteiger partial charge in [0.25, 0.3) is 0 Å². The maximum absolute atomic E-state index is 12.4. The molecule has 0 spiro atoms. The van der Waals surface area contributed by atoms with Gasteiger partial charge in [-0.2, -0.15) is 0 Å². The van der Waals surface area contributed by atoms with Crippen molar-refractivity contribution in [1.82, 2.24) is 0 Å². The molecule has 4 aliphatic carbocycles. The number of allylic oxidation sites excluding steroid dienone is 1. The SMILES string of the molecule is CC(CCC1(O)OC2CC3C4CC=C5CC(OC6OC(CO)C(OC7OCC(O)C(O)C7O)C(O)C6OC6OC(C)C(O)C(O)C6O)CC(O)C5(C)C4CCC3(C)C2C1C)COC1OC(CO)C(O)C(O)C1OC1OC(CO)C(O)C(O)C1O. The van der Waals surface area contributed by atoms with Gasteiger partial charge < -0.3 is 139 Å². The van der Waals surface area contributed by atoms with Gasteiger partial charge in [-0.15, -0.1) is 0 Å². The number of aliphatic hydroxyl groups excluding tert-OH is 16. The minimum absolute atomic E-state index is 0.0108. The lowest BCUT2D eigenvalue weighted by atomic mass is 9.46. The van der Waals surface area contributed by atoms with Crippen LogP contribution >= 0.6 is 0 Å². The van der Waals surface area contributed by atoms with Gasteiger partial charge in [0.2, 0.25) is 0 Å². The zero-order valence-corrected chi connectivity index (χ0v) is 47.9. The summed E-state index contributed by atoms with van der Waals surface area (Å²) < 4.78 is 66.0. The van der Waals surface area contributed by atoms with E-state index in [9.17, 15) is 86.8 Å². The van der Waals surface area contributed by atoms with Crippen molar-refractivity contribution in [1.29, 1.82) is 0 Å². The number of ether oxygens (including phenoxy) is 11. The Morgan fingerprint density at radius 1 is 0.607 bits per heavy atom. The van der Waals surface area contributed by atoms with Crippen molar-refractivity contribution in [2.45, 2.75) is 258 Å². The largest absolute Gasteiger partial charge is 0.394 e. The van der Waals surface area contributed by atoms with Crippen LogP contribution in [0.5, 0.6) is 0 Å². The molecule has 6 saturated heterocycles. The second kappa shape index (κ2) is 25.7. The maximum atomic E-state index is 12.4. The molecule has 36 unspecified atom stereocenters. The van der Waals surface area contributed by atoms with Crippen molar-refractivity contribution < 1.29 is 139 Å². The Kier molecular flexibility index (Phi) is 20.1. The van der Waals surface area contributed by atoms with E-state index in [1.807, 2.05) is 13.8 Å². The highest BCUT2D eigenvalue weighted by molar-refractivity contribution is 5.28. The average molecular weight is 1210 g/mol. The van der Waals surface area contributed by atoms with Gasteiger partial charge in [0, 0.05) is 24.2 Å². The van der Waals surface area contributed by atoms with Gasteiger partial charge in [-0.1, -0.05) is 39.3 Å². The first-order chi connectivity index (χ1) is 39.7. The molecule has 6 aliphatic heterocycles. The van der Waals surface area contributed by atoms with Crippen LogP contribution in [0.1, 0.15) is 86.0 Å². The first-order valence-corrected chi connectivity index (χ1v) is 29.9. The Morgan fingerprint density at radius 3 is 1.86 bits per heavy atom. The highest BCUT2D eigenvalue weighted by atomic mass is 16.8. The maximum Gasteiger partial charge on any atom is 0.187 e. The van der Waals surface area contributed by atoms with Gasteiger partial charge in [-0.25, -0.2) is 0 Å². The predicted molar refractivity (Wildman–Crippen MR) is 278 cm³/mol. The molecule has 84 heavy (non-hydrogen) atoms. The minimum atomic E-state index is -1.82. The molecule has 36 atom stereocenters. The molecule has 0 bridgehead atoms. The first-order valence-electron chi connectivity index (χ1n) is 29.9. The Balaban J connectivity index is 0.778. The van der Waals surface area contributed by atoms with Crippen LogP contribution in [0.15, 0.2) is 11.6 Å². The summed E-state index contributed by atoms with van der Waals surface area (Å²) in [4.78, 5) is 0. The van der Waals surface area contributed by atoms with E-state index >= 15 is 0 Å². The molecule has 9 fully saturated rings. The van der Waals surface area contributed by atoms with Crippen LogP contribution in [0.3, 0.4) is 0 Å². The molecule has 17 N–H and O–H groups in total. The zero-order chi connectivity index (χ0) is 60.8. The van der Waals surface area contributed by atoms with Crippen LogP contribution in [0.2, 0.25) is 0 Å². The summed E-state index contributed by atoms with van der Waals surface area (Å²) in [6.07, 6.45) is -33.4. The first kappa shape index (κ1) is 65.6. The molecule has 6 heterocycles. The Morgan fingerprint density at radius 2 is 1.19 bits per heavy atom. The predicted octanol–water partition coefficient (Wildman–Crippen LogP) is -5.57. The summed E-state index contributed by atoms with van der Waals surface area (Å²) in [5, 5.41) is 183. The lowest BCUT2D eigenvalue weighted by Gasteiger charge is -2.60. The van der Waals surface area contributed by atoms with Crippen LogP contribution in [0.4, 0.5) is 0 Å². The van der Waals surface area contributed by atoms with E-state index in [1.54, 1.807) is 0 Å². The van der Waals surface area contributed by atoms with Crippen LogP contribution in [0, 0.1) is 46.3 Å². The van der Waals surface area contributed by atoms with Crippen molar-refractivity contribution in [3.8, 4) is 0 Å². The van der Waals surface area contributed by atoms with Gasteiger partial charge in [0.15, 0.2) is 37.2 Å². The molecule has 0 aromatic carbocycles. The summed E-state index contributed by atoms with van der Waals surface area (Å²) in [6.45, 7) is 7.14. The Labute approximate surface area is 486 Å². The smallest absolute Gasteiger partial charge is 0.187 e. The van der Waals surface area contributed by atoms with Crippen molar-refractivity contribution in [2.24, 2.45) is 46.3 Å². The van der Waals surface area contributed by atoms with Crippen molar-refractivity contribution in [3.05, 3.63) is 11.6 Å². The lowest BCUT2D eigenvalue weighted by molar-refractivity contribution is -0.386. The molecule has 0 radical (unpaired) electrons. The minimum Gasteiger partial charge on any atom is -0.394 e. The van der Waals surface area contributed by atoms with E-state index in [-0.39, 0.29) is 66.5 Å². The standard InChI is InChI=1S/C56H92O28/c1-20(18-74-52-47(41(68)38(65)31(16-58)79-52)82-51-44(71)40(67)37(64)30(15-57)78-51)8-11-56(73)21(2)34-29(84-56)14-27-25-7-6-23-12-24(13-33(61)55(23,5)26(25)9-10-54(27,34)4)77-53-48(83-50-43(70)39(66)35(62)22(3)76-50)45(72)46(32(17-59)80-53)81-49-42(69)36(63)28(60)19-75-49/h6,20-22,24-53,57-73H,7-19H2,1-5H3. The summed E-state index contributed by atoms with van der Waals surface area (Å²) >= 11 is 0. The van der Waals surface area contributed by atoms with E-state index in [1.165, 1.54) is 6.92 Å². The Bertz CT molecular complexity index is 2220. The molecule has 10 aliphatic rings. The zero-order valence-electron chi connectivity index (χ0n) is 47.9. The van der Waals surface area contributed by atoms with Gasteiger partial charge in [-0.3, -0.25) is 0 Å². The monoisotopic (exact) mass is 1210 g/mol. The van der Waals surface area contributed by atoms with E-state index in [4.69, 9.17) is 52.1 Å². The summed E-state index contributed by atoms with van der Waals surface area (Å²) in [7, 11) is 0. The fraction of sp³-hybridized carbons (Fsp3) is 0.964. The van der Waals surface area contributed by atoms with Gasteiger partial charge in [0.05, 0.1) is 57.5 Å². The summed E-state index contributed by atoms with van der Waals surface area (Å²) in [5.41, 5.74) is 0.0963. The summed E-state index contributed by atoms with van der Waals surface area (Å²) in [6, 6.07) is 0. The van der Waals surface area contributed by atoms with Crippen molar-refractivity contribution in [3.63, 3.8) is 0 Å². The molecule has 484 valence electrons.